The molecule has 1 aromatic carbocycles. The van der Waals surface area contributed by atoms with Crippen LogP contribution < -0.4 is 10.1 Å². The molecule has 1 aromatic heterocycles. The van der Waals surface area contributed by atoms with E-state index in [1.807, 2.05) is 11.8 Å². The fourth-order valence-corrected chi connectivity index (χ4v) is 3.84. The van der Waals surface area contributed by atoms with Gasteiger partial charge in [0.25, 0.3) is 5.91 Å². The van der Waals surface area contributed by atoms with Crippen molar-refractivity contribution in [2.45, 2.75) is 12.5 Å². The SMILES string of the molecule is O=C(Nc1cc(Cl)cc(Cl)c1)c1ccnc(OC2CCSC2)c1. The number of hydrogen-bond acceptors (Lipinski definition) is 4. The Balaban J connectivity index is 1.71. The van der Waals surface area contributed by atoms with Crippen molar-refractivity contribution in [1.82, 2.24) is 4.98 Å². The molecular formula is C16H14Cl2N2O2S. The van der Waals surface area contributed by atoms with Gasteiger partial charge in [-0.25, -0.2) is 4.98 Å². The minimum Gasteiger partial charge on any atom is -0.473 e. The molecule has 23 heavy (non-hydrogen) atoms. The summed E-state index contributed by atoms with van der Waals surface area (Å²) in [6.45, 7) is 0. The summed E-state index contributed by atoms with van der Waals surface area (Å²) in [7, 11) is 0. The van der Waals surface area contributed by atoms with E-state index in [1.54, 1.807) is 36.5 Å². The molecule has 3 rings (SSSR count). The molecule has 1 unspecified atom stereocenters. The first-order valence-corrected chi connectivity index (χ1v) is 8.99. The number of nitrogens with zero attached hydrogens (tertiary/aromatic N) is 1. The van der Waals surface area contributed by atoms with Crippen LogP contribution in [-0.2, 0) is 0 Å². The van der Waals surface area contributed by atoms with E-state index in [4.69, 9.17) is 27.9 Å². The van der Waals surface area contributed by atoms with Crippen LogP contribution in [0.1, 0.15) is 16.8 Å². The van der Waals surface area contributed by atoms with Gasteiger partial charge in [-0.15, -0.1) is 0 Å². The van der Waals surface area contributed by atoms with Crippen molar-refractivity contribution >= 4 is 46.6 Å². The molecule has 0 radical (unpaired) electrons. The Morgan fingerprint density at radius 2 is 2.04 bits per heavy atom. The van der Waals surface area contributed by atoms with Crippen LogP contribution in [0.5, 0.6) is 5.88 Å². The topological polar surface area (TPSA) is 51.2 Å². The quantitative estimate of drug-likeness (QED) is 0.861. The molecule has 1 saturated heterocycles. The normalized spacial score (nSPS) is 17.0. The largest absolute Gasteiger partial charge is 0.473 e. The van der Waals surface area contributed by atoms with E-state index in [-0.39, 0.29) is 12.0 Å². The molecule has 0 bridgehead atoms. The summed E-state index contributed by atoms with van der Waals surface area (Å²) in [5.74, 6) is 2.25. The highest BCUT2D eigenvalue weighted by Crippen LogP contribution is 2.24. The van der Waals surface area contributed by atoms with Gasteiger partial charge in [0, 0.05) is 39.3 Å². The van der Waals surface area contributed by atoms with Crippen LogP contribution in [0.4, 0.5) is 5.69 Å². The van der Waals surface area contributed by atoms with Crippen molar-refractivity contribution in [2.24, 2.45) is 0 Å². The van der Waals surface area contributed by atoms with Crippen molar-refractivity contribution in [3.63, 3.8) is 0 Å². The Morgan fingerprint density at radius 3 is 2.74 bits per heavy atom. The van der Waals surface area contributed by atoms with Gasteiger partial charge in [-0.05, 0) is 36.4 Å². The summed E-state index contributed by atoms with van der Waals surface area (Å²) in [5.41, 5.74) is 1.01. The summed E-state index contributed by atoms with van der Waals surface area (Å²) < 4.78 is 5.80. The van der Waals surface area contributed by atoms with Crippen molar-refractivity contribution < 1.29 is 9.53 Å². The third kappa shape index (κ3) is 4.53. The second-order valence-electron chi connectivity index (χ2n) is 5.10. The van der Waals surface area contributed by atoms with Crippen LogP contribution in [0.3, 0.4) is 0 Å². The van der Waals surface area contributed by atoms with Gasteiger partial charge in [-0.2, -0.15) is 11.8 Å². The molecule has 7 heteroatoms. The number of anilines is 1. The number of carbonyl (C=O) groups excluding carboxylic acids is 1. The lowest BCUT2D eigenvalue weighted by Crippen LogP contribution is -2.17. The maximum Gasteiger partial charge on any atom is 0.255 e. The molecular weight excluding hydrogens is 355 g/mol. The van der Waals surface area contributed by atoms with E-state index in [0.29, 0.717) is 27.2 Å². The molecule has 1 N–H and O–H groups in total. The van der Waals surface area contributed by atoms with Gasteiger partial charge >= 0.3 is 0 Å². The number of aromatic nitrogens is 1. The van der Waals surface area contributed by atoms with Gasteiger partial charge < -0.3 is 10.1 Å². The molecule has 120 valence electrons. The summed E-state index contributed by atoms with van der Waals surface area (Å²) in [4.78, 5) is 16.5. The Hall–Kier alpha value is -1.43. The van der Waals surface area contributed by atoms with Gasteiger partial charge in [0.2, 0.25) is 5.88 Å². The Bertz CT molecular complexity index is 701. The van der Waals surface area contributed by atoms with Gasteiger partial charge in [-0.1, -0.05) is 23.2 Å². The molecule has 1 atom stereocenters. The average molecular weight is 369 g/mol. The van der Waals surface area contributed by atoms with Crippen molar-refractivity contribution in [3.05, 3.63) is 52.1 Å². The number of carbonyl (C=O) groups is 1. The molecule has 2 aromatic rings. The maximum absolute atomic E-state index is 12.3. The number of ether oxygens (including phenoxy) is 1. The highest BCUT2D eigenvalue weighted by molar-refractivity contribution is 7.99. The fourth-order valence-electron chi connectivity index (χ4n) is 2.22. The number of thioether (sulfide) groups is 1. The van der Waals surface area contributed by atoms with Crippen molar-refractivity contribution in [3.8, 4) is 5.88 Å². The van der Waals surface area contributed by atoms with Gasteiger partial charge in [0.15, 0.2) is 0 Å². The minimum atomic E-state index is -0.267. The first-order chi connectivity index (χ1) is 11.1. The van der Waals surface area contributed by atoms with Crippen LogP contribution in [-0.4, -0.2) is 28.5 Å². The second kappa shape index (κ2) is 7.43. The lowest BCUT2D eigenvalue weighted by molar-refractivity contribution is 0.102. The smallest absolute Gasteiger partial charge is 0.255 e. The first kappa shape index (κ1) is 16.4. The zero-order valence-corrected chi connectivity index (χ0v) is 14.4. The fraction of sp³-hybridized carbons (Fsp3) is 0.250. The average Bonchev–Trinajstić information content (AvgIpc) is 2.99. The number of hydrogen-bond donors (Lipinski definition) is 1. The van der Waals surface area contributed by atoms with Crippen LogP contribution in [0.25, 0.3) is 0 Å². The lowest BCUT2D eigenvalue weighted by atomic mass is 10.2. The Labute approximate surface area is 148 Å². The summed E-state index contributed by atoms with van der Waals surface area (Å²) in [6, 6.07) is 8.17. The molecule has 1 fully saturated rings. The predicted molar refractivity (Wildman–Crippen MR) is 95.0 cm³/mol. The first-order valence-electron chi connectivity index (χ1n) is 7.08. The number of pyridine rings is 1. The molecule has 2 heterocycles. The minimum absolute atomic E-state index is 0.164. The van der Waals surface area contributed by atoms with Crippen LogP contribution in [0.2, 0.25) is 10.0 Å². The van der Waals surface area contributed by atoms with Gasteiger partial charge in [-0.3, -0.25) is 4.79 Å². The summed E-state index contributed by atoms with van der Waals surface area (Å²) in [6.07, 6.45) is 2.73. The van der Waals surface area contributed by atoms with E-state index in [9.17, 15) is 4.79 Å². The van der Waals surface area contributed by atoms with Gasteiger partial charge in [0.05, 0.1) is 0 Å². The molecule has 0 aliphatic carbocycles. The third-order valence-electron chi connectivity index (χ3n) is 3.29. The second-order valence-corrected chi connectivity index (χ2v) is 7.12. The summed E-state index contributed by atoms with van der Waals surface area (Å²) >= 11 is 13.7. The number of rotatable bonds is 4. The van der Waals surface area contributed by atoms with E-state index in [0.717, 1.165) is 17.9 Å². The van der Waals surface area contributed by atoms with Crippen LogP contribution in [0.15, 0.2) is 36.5 Å². The Morgan fingerprint density at radius 1 is 1.26 bits per heavy atom. The highest BCUT2D eigenvalue weighted by atomic mass is 35.5. The molecule has 1 aliphatic heterocycles. The highest BCUT2D eigenvalue weighted by Gasteiger charge is 2.18. The molecule has 0 saturated carbocycles. The monoisotopic (exact) mass is 368 g/mol. The van der Waals surface area contributed by atoms with Gasteiger partial charge in [0.1, 0.15) is 6.10 Å². The summed E-state index contributed by atoms with van der Waals surface area (Å²) in [5, 5.41) is 3.69. The van der Waals surface area contributed by atoms with Crippen molar-refractivity contribution in [2.75, 3.05) is 16.8 Å². The number of nitrogens with one attached hydrogen (secondary N) is 1. The maximum atomic E-state index is 12.3. The zero-order valence-electron chi connectivity index (χ0n) is 12.1. The molecule has 1 amide bonds. The predicted octanol–water partition coefficient (Wildman–Crippen LogP) is 4.53. The number of halogens is 2. The van der Waals surface area contributed by atoms with E-state index >= 15 is 0 Å². The van der Waals surface area contributed by atoms with Crippen LogP contribution in [0, 0.1) is 0 Å². The van der Waals surface area contributed by atoms with Crippen LogP contribution >= 0.6 is 35.0 Å². The number of benzene rings is 1. The van der Waals surface area contributed by atoms with E-state index in [2.05, 4.69) is 10.3 Å². The Kier molecular flexibility index (Phi) is 5.30. The zero-order chi connectivity index (χ0) is 16.2. The van der Waals surface area contributed by atoms with E-state index in [1.165, 1.54) is 0 Å². The van der Waals surface area contributed by atoms with E-state index < -0.39 is 0 Å². The molecule has 0 spiro atoms. The lowest BCUT2D eigenvalue weighted by Gasteiger charge is -2.12. The number of amides is 1. The third-order valence-corrected chi connectivity index (χ3v) is 4.86. The molecule has 1 aliphatic rings. The molecule has 4 nitrogen and oxygen atoms in total. The standard InChI is InChI=1S/C16H14Cl2N2O2S/c17-11-6-12(18)8-13(7-11)20-16(21)10-1-3-19-15(5-10)22-14-2-4-23-9-14/h1,3,5-8,14H,2,4,9H2,(H,20,21). The van der Waals surface area contributed by atoms with Crippen molar-refractivity contribution in [1.29, 1.82) is 0 Å².